The van der Waals surface area contributed by atoms with Gasteiger partial charge in [0.2, 0.25) is 0 Å². The Morgan fingerprint density at radius 2 is 1.88 bits per heavy atom. The van der Waals surface area contributed by atoms with E-state index in [9.17, 15) is 9.59 Å². The van der Waals surface area contributed by atoms with Gasteiger partial charge in [-0.1, -0.05) is 24.3 Å². The molecule has 1 aromatic heterocycles. The second-order valence-corrected chi connectivity index (χ2v) is 6.20. The maximum atomic E-state index is 13.2. The first-order valence-corrected chi connectivity index (χ1v) is 8.31. The Bertz CT molecular complexity index is 1030. The second kappa shape index (κ2) is 7.32. The predicted molar refractivity (Wildman–Crippen MR) is 104 cm³/mol. The number of nitrogens with two attached hydrogens (primary N) is 1. The fourth-order valence-corrected chi connectivity index (χ4v) is 3.48. The molecule has 0 amide bonds. The van der Waals surface area contributed by atoms with Crippen LogP contribution in [-0.2, 0) is 0 Å². The van der Waals surface area contributed by atoms with E-state index in [4.69, 9.17) is 10.5 Å². The normalized spacial score (nSPS) is 15.7. The van der Waals surface area contributed by atoms with E-state index < -0.39 is 0 Å². The van der Waals surface area contributed by atoms with Crippen LogP contribution in [0.2, 0.25) is 0 Å². The number of hydrogen-bond acceptors (Lipinski definition) is 4. The van der Waals surface area contributed by atoms with E-state index >= 15 is 0 Å². The maximum absolute atomic E-state index is 13.2. The van der Waals surface area contributed by atoms with Gasteiger partial charge in [-0.25, -0.2) is 0 Å². The molecule has 3 N–H and O–H groups in total. The number of halogens is 1. The molecule has 1 unspecified atom stereocenters. The molecule has 0 aliphatic carbocycles. The number of carbonyl (C=O) groups excluding carboxylic acids is 1. The first-order valence-electron chi connectivity index (χ1n) is 8.31. The number of rotatable bonds is 3. The van der Waals surface area contributed by atoms with E-state index in [0.717, 1.165) is 12.0 Å². The quantitative estimate of drug-likeness (QED) is 0.694. The van der Waals surface area contributed by atoms with Gasteiger partial charge in [0.15, 0.2) is 5.78 Å². The highest BCUT2D eigenvalue weighted by molar-refractivity contribution is 6.17. The van der Waals surface area contributed by atoms with Gasteiger partial charge in [-0.3, -0.25) is 9.59 Å². The van der Waals surface area contributed by atoms with Crippen LogP contribution in [0.4, 0.5) is 0 Å². The van der Waals surface area contributed by atoms with Gasteiger partial charge in [-0.15, -0.1) is 12.4 Å². The monoisotopic (exact) mass is 370 g/mol. The second-order valence-electron chi connectivity index (χ2n) is 6.20. The number of fused-ring (bicyclic) bond motifs is 2. The van der Waals surface area contributed by atoms with Crippen LogP contribution < -0.4 is 16.0 Å². The van der Waals surface area contributed by atoms with Crippen LogP contribution >= 0.6 is 12.4 Å². The molecule has 134 valence electrons. The number of ketones is 1. The number of aromatic amines is 1. The van der Waals surface area contributed by atoms with Crippen LogP contribution in [0, 0.1) is 0 Å². The zero-order chi connectivity index (χ0) is 17.4. The third-order valence-electron chi connectivity index (χ3n) is 4.79. The summed E-state index contributed by atoms with van der Waals surface area (Å²) in [6.07, 6.45) is 2.41. The minimum Gasteiger partial charge on any atom is -0.492 e. The summed E-state index contributed by atoms with van der Waals surface area (Å²) < 4.78 is 5.82. The van der Waals surface area contributed by atoms with Gasteiger partial charge in [-0.05, 0) is 42.1 Å². The minimum atomic E-state index is -0.207. The molecule has 0 bridgehead atoms. The number of hydrogen-bond donors (Lipinski definition) is 2. The zero-order valence-electron chi connectivity index (χ0n) is 14.0. The van der Waals surface area contributed by atoms with E-state index in [1.54, 1.807) is 36.5 Å². The molecule has 2 heterocycles. The first kappa shape index (κ1) is 18.2. The molecule has 4 rings (SSSR count). The largest absolute Gasteiger partial charge is 0.492 e. The van der Waals surface area contributed by atoms with Crippen molar-refractivity contribution in [2.24, 2.45) is 5.73 Å². The molecule has 0 radical (unpaired) electrons. The molecule has 1 atom stereocenters. The molecule has 0 saturated carbocycles. The minimum absolute atomic E-state index is 0. The average Bonchev–Trinajstić information content (AvgIpc) is 2.66. The van der Waals surface area contributed by atoms with Crippen molar-refractivity contribution in [3.63, 3.8) is 0 Å². The lowest BCUT2D eigenvalue weighted by atomic mass is 9.89. The lowest BCUT2D eigenvalue weighted by Gasteiger charge is -2.26. The summed E-state index contributed by atoms with van der Waals surface area (Å²) in [6.45, 7) is 1.08. The van der Waals surface area contributed by atoms with Crippen LogP contribution in [0.5, 0.6) is 5.75 Å². The summed E-state index contributed by atoms with van der Waals surface area (Å²) in [4.78, 5) is 27.9. The third-order valence-corrected chi connectivity index (χ3v) is 4.79. The van der Waals surface area contributed by atoms with Crippen molar-refractivity contribution in [2.45, 2.75) is 12.3 Å². The van der Waals surface area contributed by atoms with Gasteiger partial charge >= 0.3 is 0 Å². The Morgan fingerprint density at radius 3 is 2.69 bits per heavy atom. The summed E-state index contributed by atoms with van der Waals surface area (Å²) in [5, 5.41) is 1.14. The topological polar surface area (TPSA) is 85.2 Å². The molecule has 0 fully saturated rings. The van der Waals surface area contributed by atoms with Crippen molar-refractivity contribution in [3.05, 3.63) is 75.7 Å². The Labute approximate surface area is 156 Å². The Balaban J connectivity index is 0.00000196. The summed E-state index contributed by atoms with van der Waals surface area (Å²) in [5.74, 6) is 0.675. The first-order chi connectivity index (χ1) is 12.2. The standard InChI is InChI=1S/C20H18N2O3.ClH/c21-11-12-8-10-25-19-13(12)3-1-6-17(19)18(23)15-4-2-5-16-14(15)7-9-22-20(16)24;/h1-7,9,12H,8,10-11,21H2,(H,22,24);1H. The third kappa shape index (κ3) is 2.89. The zero-order valence-corrected chi connectivity index (χ0v) is 14.8. The molecule has 1 aliphatic heterocycles. The maximum Gasteiger partial charge on any atom is 0.255 e. The van der Waals surface area contributed by atoms with Gasteiger partial charge in [0.25, 0.3) is 5.56 Å². The van der Waals surface area contributed by atoms with Crippen LogP contribution in [0.15, 0.2) is 53.5 Å². The molecule has 1 aliphatic rings. The predicted octanol–water partition coefficient (Wildman–Crippen LogP) is 3.01. The van der Waals surface area contributed by atoms with E-state index in [1.807, 2.05) is 12.1 Å². The van der Waals surface area contributed by atoms with Crippen molar-refractivity contribution in [3.8, 4) is 5.75 Å². The number of H-pyrrole nitrogens is 1. The molecule has 0 saturated heterocycles. The summed E-state index contributed by atoms with van der Waals surface area (Å²) in [5.41, 5.74) is 7.66. The van der Waals surface area contributed by atoms with Gasteiger partial charge in [0.05, 0.1) is 12.2 Å². The molecular weight excluding hydrogens is 352 g/mol. The van der Waals surface area contributed by atoms with Crippen molar-refractivity contribution in [1.29, 1.82) is 0 Å². The molecule has 6 heteroatoms. The van der Waals surface area contributed by atoms with Crippen LogP contribution in [-0.4, -0.2) is 23.9 Å². The van der Waals surface area contributed by atoms with Crippen LogP contribution in [0.1, 0.15) is 33.8 Å². The van der Waals surface area contributed by atoms with Crippen molar-refractivity contribution in [1.82, 2.24) is 4.98 Å². The highest BCUT2D eigenvalue weighted by Crippen LogP contribution is 2.37. The van der Waals surface area contributed by atoms with Crippen LogP contribution in [0.25, 0.3) is 10.8 Å². The fourth-order valence-electron chi connectivity index (χ4n) is 3.48. The molecule has 3 aromatic rings. The van der Waals surface area contributed by atoms with Crippen molar-refractivity contribution in [2.75, 3.05) is 13.2 Å². The fraction of sp³-hybridized carbons (Fsp3) is 0.200. The number of para-hydroxylation sites is 1. The van der Waals surface area contributed by atoms with Gasteiger partial charge < -0.3 is 15.5 Å². The van der Waals surface area contributed by atoms with E-state index in [0.29, 0.717) is 40.8 Å². The molecule has 5 nitrogen and oxygen atoms in total. The number of ether oxygens (including phenoxy) is 1. The number of benzene rings is 2. The molecule has 26 heavy (non-hydrogen) atoms. The molecule has 2 aromatic carbocycles. The van der Waals surface area contributed by atoms with Crippen molar-refractivity contribution >= 4 is 29.0 Å². The average molecular weight is 371 g/mol. The molecular formula is C20H19ClN2O3. The lowest BCUT2D eigenvalue weighted by Crippen LogP contribution is -2.22. The summed E-state index contributed by atoms with van der Waals surface area (Å²) in [6, 6.07) is 12.5. The van der Waals surface area contributed by atoms with Gasteiger partial charge in [-0.2, -0.15) is 0 Å². The highest BCUT2D eigenvalue weighted by atomic mass is 35.5. The number of pyridine rings is 1. The van der Waals surface area contributed by atoms with Gasteiger partial charge in [0, 0.05) is 23.1 Å². The van der Waals surface area contributed by atoms with E-state index in [2.05, 4.69) is 4.98 Å². The van der Waals surface area contributed by atoms with Gasteiger partial charge in [0.1, 0.15) is 5.75 Å². The molecule has 0 spiro atoms. The Hall–Kier alpha value is -2.63. The summed E-state index contributed by atoms with van der Waals surface area (Å²) in [7, 11) is 0. The Kier molecular flexibility index (Phi) is 5.11. The number of aromatic nitrogens is 1. The van der Waals surface area contributed by atoms with Crippen molar-refractivity contribution < 1.29 is 9.53 Å². The summed E-state index contributed by atoms with van der Waals surface area (Å²) >= 11 is 0. The number of nitrogens with one attached hydrogen (secondary N) is 1. The number of carbonyl (C=O) groups is 1. The smallest absolute Gasteiger partial charge is 0.255 e. The van der Waals surface area contributed by atoms with E-state index in [-0.39, 0.29) is 29.7 Å². The SMILES string of the molecule is Cl.NCC1CCOc2c(C(=O)c3cccc4c(=O)[nH]ccc34)cccc21. The Morgan fingerprint density at radius 1 is 1.12 bits per heavy atom. The van der Waals surface area contributed by atoms with Crippen LogP contribution in [0.3, 0.4) is 0 Å². The highest BCUT2D eigenvalue weighted by Gasteiger charge is 2.26. The lowest BCUT2D eigenvalue weighted by molar-refractivity contribution is 0.103. The van der Waals surface area contributed by atoms with E-state index in [1.165, 1.54) is 0 Å².